The monoisotopic (exact) mass is 382 g/mol. The van der Waals surface area contributed by atoms with Crippen LogP contribution in [0.4, 0.5) is 0 Å². The lowest BCUT2D eigenvalue weighted by Crippen LogP contribution is -2.40. The number of nitrogens with zero attached hydrogens (tertiary/aromatic N) is 3. The number of aryl methyl sites for hydroxylation is 1. The number of halogens is 2. The molecule has 2 aromatic rings. The van der Waals surface area contributed by atoms with Crippen molar-refractivity contribution in [2.45, 2.75) is 18.9 Å². The Bertz CT molecular complexity index is 785. The minimum atomic E-state index is -0.356. The van der Waals surface area contributed by atoms with E-state index in [4.69, 9.17) is 28.9 Å². The Morgan fingerprint density at radius 3 is 2.56 bits per heavy atom. The van der Waals surface area contributed by atoms with Gasteiger partial charge in [0.1, 0.15) is 5.75 Å². The van der Waals surface area contributed by atoms with Gasteiger partial charge in [-0.3, -0.25) is 9.48 Å². The summed E-state index contributed by atoms with van der Waals surface area (Å²) in [4.78, 5) is 14.3. The highest BCUT2D eigenvalue weighted by Gasteiger charge is 2.29. The molecule has 0 spiro atoms. The summed E-state index contributed by atoms with van der Waals surface area (Å²) in [6.07, 6.45) is 4.81. The summed E-state index contributed by atoms with van der Waals surface area (Å²) in [5.74, 6) is 0.189. The van der Waals surface area contributed by atoms with E-state index < -0.39 is 0 Å². The molecule has 134 valence electrons. The summed E-state index contributed by atoms with van der Waals surface area (Å²) in [5.41, 5.74) is 7.53. The van der Waals surface area contributed by atoms with Crippen molar-refractivity contribution in [3.05, 3.63) is 45.7 Å². The second kappa shape index (κ2) is 7.23. The second-order valence-electron chi connectivity index (χ2n) is 6.38. The van der Waals surface area contributed by atoms with E-state index in [9.17, 15) is 9.90 Å². The lowest BCUT2D eigenvalue weighted by Gasteiger charge is -2.35. The maximum absolute atomic E-state index is 12.5. The molecule has 8 heteroatoms. The van der Waals surface area contributed by atoms with Crippen LogP contribution in [0.15, 0.2) is 24.5 Å². The molecule has 1 aliphatic heterocycles. The number of carbonyl (C=O) groups excluding carboxylic acids is 1. The molecule has 3 rings (SSSR count). The Labute approximate surface area is 156 Å². The number of likely N-dealkylation sites (tertiary alicyclic amines) is 1. The van der Waals surface area contributed by atoms with Gasteiger partial charge in [-0.25, -0.2) is 0 Å². The molecule has 1 atom stereocenters. The van der Waals surface area contributed by atoms with E-state index in [0.29, 0.717) is 34.3 Å². The number of rotatable bonds is 3. The molecular formula is C17H20Cl2N4O2. The zero-order valence-corrected chi connectivity index (χ0v) is 15.3. The summed E-state index contributed by atoms with van der Waals surface area (Å²) in [5, 5.41) is 14.8. The molecule has 1 aliphatic rings. The Morgan fingerprint density at radius 1 is 1.32 bits per heavy atom. The van der Waals surface area contributed by atoms with Crippen molar-refractivity contribution in [1.29, 1.82) is 0 Å². The summed E-state index contributed by atoms with van der Waals surface area (Å²) >= 11 is 12.0. The van der Waals surface area contributed by atoms with E-state index in [1.807, 2.05) is 4.90 Å². The molecule has 0 saturated carbocycles. The van der Waals surface area contributed by atoms with Crippen molar-refractivity contribution in [1.82, 2.24) is 14.7 Å². The first-order valence-corrected chi connectivity index (χ1v) is 8.84. The van der Waals surface area contributed by atoms with Crippen molar-refractivity contribution in [3.8, 4) is 5.75 Å². The number of hydrogen-bond acceptors (Lipinski definition) is 4. The molecule has 1 aromatic heterocycles. The number of carbonyl (C=O) groups is 1. The number of amides is 1. The SMILES string of the molecule is Cn1cc(C(=O)N2CCC([C@@H](N)c3cc(Cl)c(Cl)cc3O)CC2)cn1. The van der Waals surface area contributed by atoms with E-state index in [0.717, 1.165) is 12.8 Å². The summed E-state index contributed by atoms with van der Waals surface area (Å²) < 4.78 is 1.61. The molecule has 0 aliphatic carbocycles. The maximum atomic E-state index is 12.5. The van der Waals surface area contributed by atoms with Crippen molar-refractivity contribution >= 4 is 29.1 Å². The van der Waals surface area contributed by atoms with E-state index >= 15 is 0 Å². The molecule has 0 bridgehead atoms. The topological polar surface area (TPSA) is 84.4 Å². The smallest absolute Gasteiger partial charge is 0.257 e. The first-order chi connectivity index (χ1) is 11.9. The third-order valence-corrected chi connectivity index (χ3v) is 5.44. The molecule has 0 unspecified atom stereocenters. The number of nitrogens with two attached hydrogens (primary N) is 1. The molecule has 1 saturated heterocycles. The highest BCUT2D eigenvalue weighted by atomic mass is 35.5. The number of benzene rings is 1. The number of hydrogen-bond donors (Lipinski definition) is 2. The van der Waals surface area contributed by atoms with Crippen LogP contribution in [0.1, 0.15) is 34.8 Å². The van der Waals surface area contributed by atoms with Gasteiger partial charge in [0.15, 0.2) is 0 Å². The van der Waals surface area contributed by atoms with Gasteiger partial charge in [0.05, 0.1) is 21.8 Å². The highest BCUT2D eigenvalue weighted by molar-refractivity contribution is 6.42. The molecule has 1 fully saturated rings. The molecule has 1 aromatic carbocycles. The van der Waals surface area contributed by atoms with Gasteiger partial charge in [-0.15, -0.1) is 0 Å². The minimum absolute atomic E-state index is 0.0162. The number of phenolic OH excluding ortho intramolecular Hbond substituents is 1. The lowest BCUT2D eigenvalue weighted by molar-refractivity contribution is 0.0677. The zero-order valence-electron chi connectivity index (χ0n) is 13.8. The molecule has 0 radical (unpaired) electrons. The normalized spacial score (nSPS) is 16.9. The maximum Gasteiger partial charge on any atom is 0.257 e. The zero-order chi connectivity index (χ0) is 18.1. The van der Waals surface area contributed by atoms with Crippen molar-refractivity contribution in [3.63, 3.8) is 0 Å². The van der Waals surface area contributed by atoms with Crippen LogP contribution >= 0.6 is 23.2 Å². The van der Waals surface area contributed by atoms with E-state index in [2.05, 4.69) is 5.10 Å². The number of piperidine rings is 1. The van der Waals surface area contributed by atoms with Gasteiger partial charge < -0.3 is 15.7 Å². The Balaban J connectivity index is 1.66. The van der Waals surface area contributed by atoms with Crippen LogP contribution in [0.2, 0.25) is 10.0 Å². The van der Waals surface area contributed by atoms with Crippen LogP contribution in [0, 0.1) is 5.92 Å². The fourth-order valence-electron chi connectivity index (χ4n) is 3.25. The van der Waals surface area contributed by atoms with Crippen molar-refractivity contribution in [2.75, 3.05) is 13.1 Å². The van der Waals surface area contributed by atoms with E-state index in [1.54, 1.807) is 30.2 Å². The van der Waals surface area contributed by atoms with Gasteiger partial charge in [0.25, 0.3) is 5.91 Å². The largest absolute Gasteiger partial charge is 0.508 e. The first kappa shape index (κ1) is 18.0. The van der Waals surface area contributed by atoms with Crippen LogP contribution in [0.5, 0.6) is 5.75 Å². The number of phenols is 1. The standard InChI is InChI=1S/C17H20Cl2N4O2/c1-22-9-11(8-21-22)17(25)23-4-2-10(3-5-23)16(20)12-6-13(18)14(19)7-15(12)24/h6-10,16,24H,2-5,20H2,1H3/t16-/m1/s1. The predicted molar refractivity (Wildman–Crippen MR) is 96.9 cm³/mol. The van der Waals surface area contributed by atoms with Gasteiger partial charge in [-0.05, 0) is 24.8 Å². The molecule has 2 heterocycles. The van der Waals surface area contributed by atoms with Crippen LogP contribution in [0.25, 0.3) is 0 Å². The van der Waals surface area contributed by atoms with Gasteiger partial charge in [-0.1, -0.05) is 23.2 Å². The first-order valence-electron chi connectivity index (χ1n) is 8.08. The highest BCUT2D eigenvalue weighted by Crippen LogP contribution is 2.37. The van der Waals surface area contributed by atoms with Gasteiger partial charge in [0.2, 0.25) is 0 Å². The lowest BCUT2D eigenvalue weighted by atomic mass is 9.85. The van der Waals surface area contributed by atoms with Crippen LogP contribution in [-0.2, 0) is 7.05 Å². The van der Waals surface area contributed by atoms with Crippen LogP contribution in [0.3, 0.4) is 0 Å². The summed E-state index contributed by atoms with van der Waals surface area (Å²) in [7, 11) is 1.78. The molecule has 1 amide bonds. The Hall–Kier alpha value is -1.76. The average Bonchev–Trinajstić information content (AvgIpc) is 3.03. The van der Waals surface area contributed by atoms with E-state index in [1.165, 1.54) is 6.07 Å². The molecule has 3 N–H and O–H groups in total. The van der Waals surface area contributed by atoms with Gasteiger partial charge in [0, 0.05) is 44.0 Å². The third kappa shape index (κ3) is 3.76. The van der Waals surface area contributed by atoms with Crippen LogP contribution in [-0.4, -0.2) is 38.8 Å². The average molecular weight is 383 g/mol. The fourth-order valence-corrected chi connectivity index (χ4v) is 3.58. The van der Waals surface area contributed by atoms with Crippen molar-refractivity contribution in [2.24, 2.45) is 18.7 Å². The number of aromatic nitrogens is 2. The second-order valence-corrected chi connectivity index (χ2v) is 7.20. The van der Waals surface area contributed by atoms with Gasteiger partial charge >= 0.3 is 0 Å². The predicted octanol–water partition coefficient (Wildman–Crippen LogP) is 2.98. The summed E-state index contributed by atoms with van der Waals surface area (Å²) in [6, 6.07) is 2.68. The van der Waals surface area contributed by atoms with Crippen LogP contribution < -0.4 is 5.73 Å². The van der Waals surface area contributed by atoms with E-state index in [-0.39, 0.29) is 23.6 Å². The summed E-state index contributed by atoms with van der Waals surface area (Å²) in [6.45, 7) is 1.24. The minimum Gasteiger partial charge on any atom is -0.508 e. The Morgan fingerprint density at radius 2 is 1.96 bits per heavy atom. The molecule has 25 heavy (non-hydrogen) atoms. The molecule has 6 nitrogen and oxygen atoms in total. The molecular weight excluding hydrogens is 363 g/mol. The Kier molecular flexibility index (Phi) is 5.22. The number of aromatic hydroxyl groups is 1. The van der Waals surface area contributed by atoms with Gasteiger partial charge in [-0.2, -0.15) is 5.10 Å². The van der Waals surface area contributed by atoms with Crippen molar-refractivity contribution < 1.29 is 9.90 Å². The third-order valence-electron chi connectivity index (χ3n) is 4.72. The quantitative estimate of drug-likeness (QED) is 0.854. The fraction of sp³-hybridized carbons (Fsp3) is 0.412.